The van der Waals surface area contributed by atoms with E-state index < -0.39 is 53.7 Å². The molecule has 0 spiro atoms. The predicted octanol–water partition coefficient (Wildman–Crippen LogP) is -1.16. The average Bonchev–Trinajstić information content (AvgIpc) is 3.09. The lowest BCUT2D eigenvalue weighted by molar-refractivity contribution is -0.140. The predicted molar refractivity (Wildman–Crippen MR) is 198 cm³/mol. The van der Waals surface area contributed by atoms with Crippen LogP contribution in [0.1, 0.15) is 71.1 Å². The highest BCUT2D eigenvalue weighted by Gasteiger charge is 2.24. The van der Waals surface area contributed by atoms with Crippen LogP contribution >= 0.6 is 0 Å². The number of hydrogen-bond acceptors (Lipinski definition) is 13. The van der Waals surface area contributed by atoms with Gasteiger partial charge in [-0.25, -0.2) is 9.59 Å². The summed E-state index contributed by atoms with van der Waals surface area (Å²) >= 11 is 0. The summed E-state index contributed by atoms with van der Waals surface area (Å²) in [4.78, 5) is 113. The van der Waals surface area contributed by atoms with Gasteiger partial charge in [-0.05, 0) is 45.4 Å². The van der Waals surface area contributed by atoms with E-state index in [1.54, 1.807) is 14.7 Å². The number of urea groups is 1. The van der Waals surface area contributed by atoms with Gasteiger partial charge in [-0.15, -0.1) is 0 Å². The maximum Gasteiger partial charge on any atom is 0.326 e. The second-order valence-electron chi connectivity index (χ2n) is 13.8. The summed E-state index contributed by atoms with van der Waals surface area (Å²) in [5, 5.41) is 53.7. The Morgan fingerprint density at radius 1 is 0.500 bits per heavy atom. The smallest absolute Gasteiger partial charge is 0.326 e. The summed E-state index contributed by atoms with van der Waals surface area (Å²) in [7, 11) is 0. The van der Waals surface area contributed by atoms with Crippen LogP contribution in [0.3, 0.4) is 0 Å². The first kappa shape index (κ1) is 49.3. The molecule has 1 saturated heterocycles. The van der Waals surface area contributed by atoms with Crippen LogP contribution in [0.2, 0.25) is 0 Å². The molecule has 1 aliphatic rings. The lowest BCUT2D eigenvalue weighted by Gasteiger charge is -2.32. The van der Waals surface area contributed by atoms with E-state index in [-0.39, 0.29) is 103 Å². The Hall–Kier alpha value is -4.73. The molecule has 56 heavy (non-hydrogen) atoms. The fraction of sp³-hybridized carbons (Fsp3) is 0.743. The molecule has 0 bridgehead atoms. The van der Waals surface area contributed by atoms with Gasteiger partial charge in [-0.1, -0.05) is 6.42 Å². The number of carboxylic acid groups (broad SMARTS) is 5. The zero-order valence-corrected chi connectivity index (χ0v) is 32.1. The number of carbonyl (C=O) groups excluding carboxylic acids is 4. The van der Waals surface area contributed by atoms with Crippen LogP contribution in [-0.2, 0) is 38.4 Å². The molecule has 0 aromatic rings. The van der Waals surface area contributed by atoms with Crippen molar-refractivity contribution in [2.24, 2.45) is 0 Å². The molecule has 21 heteroatoms. The molecule has 0 saturated carbocycles. The molecule has 0 radical (unpaired) electrons. The summed E-state index contributed by atoms with van der Waals surface area (Å²) in [5.74, 6) is -6.27. The highest BCUT2D eigenvalue weighted by atomic mass is 16.4. The molecule has 0 aromatic heterocycles. The van der Waals surface area contributed by atoms with Crippen LogP contribution < -0.4 is 16.0 Å². The second-order valence-corrected chi connectivity index (χ2v) is 13.8. The number of Topliss-reactive ketones (excluding diaryl/α,β-unsaturated/α-hetero) is 2. The van der Waals surface area contributed by atoms with E-state index >= 15 is 0 Å². The number of amides is 3. The number of ketones is 2. The Balaban J connectivity index is 2.48. The normalized spacial score (nSPS) is 16.3. The fourth-order valence-electron chi connectivity index (χ4n) is 5.95. The minimum absolute atomic E-state index is 0.0489. The molecule has 1 heterocycles. The van der Waals surface area contributed by atoms with Crippen molar-refractivity contribution in [3.63, 3.8) is 0 Å². The third-order valence-electron chi connectivity index (χ3n) is 9.05. The van der Waals surface area contributed by atoms with Crippen LogP contribution in [-0.4, -0.2) is 196 Å². The van der Waals surface area contributed by atoms with Crippen molar-refractivity contribution in [3.8, 4) is 0 Å². The van der Waals surface area contributed by atoms with Crippen molar-refractivity contribution >= 4 is 53.4 Å². The maximum atomic E-state index is 12.9. The van der Waals surface area contributed by atoms with Gasteiger partial charge >= 0.3 is 35.9 Å². The van der Waals surface area contributed by atoms with Gasteiger partial charge in [0.25, 0.3) is 0 Å². The van der Waals surface area contributed by atoms with Crippen LogP contribution in [0.15, 0.2) is 0 Å². The van der Waals surface area contributed by atoms with Gasteiger partial charge in [0.05, 0.1) is 32.2 Å². The minimum atomic E-state index is -1.29. The number of aliphatic carboxylic acids is 5. The Morgan fingerprint density at radius 3 is 1.38 bits per heavy atom. The topological polar surface area (TPSA) is 304 Å². The summed E-state index contributed by atoms with van der Waals surface area (Å²) < 4.78 is 0. The quantitative estimate of drug-likeness (QED) is 0.0479. The first-order valence-electron chi connectivity index (χ1n) is 18.8. The van der Waals surface area contributed by atoms with Crippen molar-refractivity contribution < 1.29 is 68.7 Å². The van der Waals surface area contributed by atoms with Crippen LogP contribution in [0.25, 0.3) is 0 Å². The molecule has 21 nitrogen and oxygen atoms in total. The molecule has 2 atom stereocenters. The van der Waals surface area contributed by atoms with Crippen molar-refractivity contribution in [1.82, 2.24) is 35.6 Å². The van der Waals surface area contributed by atoms with Gasteiger partial charge in [-0.2, -0.15) is 0 Å². The molecule has 8 N–H and O–H groups in total. The monoisotopic (exact) mass is 801 g/mol. The highest BCUT2D eigenvalue weighted by molar-refractivity contribution is 5.89. The lowest BCUT2D eigenvalue weighted by Crippen LogP contribution is -2.50. The van der Waals surface area contributed by atoms with Crippen LogP contribution in [0.5, 0.6) is 0 Å². The molecule has 318 valence electrons. The van der Waals surface area contributed by atoms with Crippen LogP contribution in [0, 0.1) is 0 Å². The molecule has 0 aromatic carbocycles. The molecule has 1 aliphatic heterocycles. The van der Waals surface area contributed by atoms with E-state index in [0.29, 0.717) is 58.3 Å². The van der Waals surface area contributed by atoms with E-state index in [4.69, 9.17) is 5.11 Å². The fourth-order valence-corrected chi connectivity index (χ4v) is 5.95. The third-order valence-corrected chi connectivity index (χ3v) is 9.05. The van der Waals surface area contributed by atoms with Gasteiger partial charge in [0.15, 0.2) is 5.78 Å². The molecular weight excluding hydrogens is 742 g/mol. The Kier molecular flexibility index (Phi) is 24.5. The van der Waals surface area contributed by atoms with E-state index in [1.165, 1.54) is 6.92 Å². The lowest BCUT2D eigenvalue weighted by atomic mass is 10.1. The van der Waals surface area contributed by atoms with Crippen molar-refractivity contribution in [1.29, 1.82) is 0 Å². The number of hydrogen-bond donors (Lipinski definition) is 8. The minimum Gasteiger partial charge on any atom is -0.481 e. The second kappa shape index (κ2) is 27.8. The SMILES string of the molecule is CC(=O)C(CCC(=O)O)NC(=O)NC(CCCCNC(=O)CCCCCC(=O)CN1CCN(CC(=O)O)CCN(CC(=O)O)CCN(CC(=O)O)CC1)C(=O)O. The average molecular weight is 802 g/mol. The van der Waals surface area contributed by atoms with E-state index in [9.17, 15) is 63.6 Å². The Labute approximate surface area is 325 Å². The number of carbonyl (C=O) groups is 9. The van der Waals surface area contributed by atoms with Crippen molar-refractivity contribution in [3.05, 3.63) is 0 Å². The number of nitrogens with zero attached hydrogens (tertiary/aromatic N) is 4. The Bertz CT molecular complexity index is 1300. The van der Waals surface area contributed by atoms with Gasteiger partial charge in [-0.3, -0.25) is 53.2 Å². The standard InChI is InChI=1S/C35H59N7O14/c1-25(43)27(10-11-30(46)47)37-35(56)38-28(34(54)55)8-5-6-12-36-29(45)9-4-2-3-7-26(44)21-39-13-15-40(22-31(48)49)17-19-42(24-33(52)53)20-18-41(16-14-39)23-32(50)51/h27-28H,2-24H2,1H3,(H,36,45)(H,46,47)(H,48,49)(H,50,51)(H,52,53)(H,54,55)(H2,37,38,56). The van der Waals surface area contributed by atoms with Gasteiger partial charge in [0.2, 0.25) is 5.91 Å². The molecule has 2 unspecified atom stereocenters. The van der Waals surface area contributed by atoms with Gasteiger partial charge < -0.3 is 41.5 Å². The number of unbranched alkanes of at least 4 members (excludes halogenated alkanes) is 3. The zero-order valence-electron chi connectivity index (χ0n) is 32.1. The first-order chi connectivity index (χ1) is 26.4. The summed E-state index contributed by atoms with van der Waals surface area (Å²) in [6, 6.07) is -3.24. The molecular formula is C35H59N7O14. The van der Waals surface area contributed by atoms with Crippen LogP contribution in [0.4, 0.5) is 4.79 Å². The highest BCUT2D eigenvalue weighted by Crippen LogP contribution is 2.08. The summed E-state index contributed by atoms with van der Waals surface area (Å²) in [5.41, 5.74) is 0. The van der Waals surface area contributed by atoms with E-state index in [2.05, 4.69) is 16.0 Å². The summed E-state index contributed by atoms with van der Waals surface area (Å²) in [6.45, 7) is 3.19. The Morgan fingerprint density at radius 2 is 0.946 bits per heavy atom. The number of carboxylic acids is 5. The van der Waals surface area contributed by atoms with Gasteiger partial charge in [0.1, 0.15) is 11.8 Å². The summed E-state index contributed by atoms with van der Waals surface area (Å²) in [6.07, 6.45) is 2.52. The number of rotatable bonds is 26. The van der Waals surface area contributed by atoms with Crippen molar-refractivity contribution in [2.75, 3.05) is 85.1 Å². The van der Waals surface area contributed by atoms with E-state index in [0.717, 1.165) is 0 Å². The molecule has 0 aliphatic carbocycles. The van der Waals surface area contributed by atoms with Gasteiger partial charge in [0, 0.05) is 78.2 Å². The molecule has 1 rings (SSSR count). The molecule has 1 fully saturated rings. The molecule has 3 amide bonds. The third kappa shape index (κ3) is 24.6. The first-order valence-corrected chi connectivity index (χ1v) is 18.8. The maximum absolute atomic E-state index is 12.9. The van der Waals surface area contributed by atoms with Crippen molar-refractivity contribution in [2.45, 2.75) is 83.2 Å². The largest absolute Gasteiger partial charge is 0.481 e. The van der Waals surface area contributed by atoms with E-state index in [1.807, 2.05) is 4.90 Å². The zero-order chi connectivity index (χ0) is 42.0. The number of nitrogens with one attached hydrogen (secondary N) is 3.